The average Bonchev–Trinajstić information content (AvgIpc) is 3.01. The van der Waals surface area contributed by atoms with Gasteiger partial charge in [0.05, 0.1) is 0 Å². The van der Waals surface area contributed by atoms with Crippen molar-refractivity contribution in [2.75, 3.05) is 0 Å². The third kappa shape index (κ3) is 3.14. The molecule has 0 amide bonds. The van der Waals surface area contributed by atoms with E-state index in [0.717, 1.165) is 29.2 Å². The predicted molar refractivity (Wildman–Crippen MR) is 107 cm³/mol. The second-order valence-electron chi connectivity index (χ2n) is 8.07. The number of halogens is 1. The van der Waals surface area contributed by atoms with E-state index in [1.165, 1.54) is 49.5 Å². The lowest BCUT2D eigenvalue weighted by Gasteiger charge is -2.43. The molecule has 1 saturated carbocycles. The van der Waals surface area contributed by atoms with Crippen LogP contribution in [0.4, 0.5) is 0 Å². The maximum absolute atomic E-state index is 9.15. The summed E-state index contributed by atoms with van der Waals surface area (Å²) in [6.45, 7) is 2.54. The zero-order chi connectivity index (χ0) is 17.4. The lowest BCUT2D eigenvalue weighted by atomic mass is 9.38. The van der Waals surface area contributed by atoms with Gasteiger partial charge < -0.3 is 4.57 Å². The van der Waals surface area contributed by atoms with Crippen LogP contribution >= 0.6 is 15.9 Å². The van der Waals surface area contributed by atoms with Crippen molar-refractivity contribution in [1.29, 1.82) is 5.26 Å². The van der Waals surface area contributed by atoms with Gasteiger partial charge in [-0.05, 0) is 65.1 Å². The molecule has 3 heterocycles. The normalized spacial score (nSPS) is 20.9. The molecule has 0 bridgehead atoms. The lowest BCUT2D eigenvalue weighted by Crippen LogP contribution is -2.34. The molecule has 2 aromatic heterocycles. The highest BCUT2D eigenvalue weighted by Gasteiger charge is 2.40. The quantitative estimate of drug-likeness (QED) is 0.599. The molecule has 1 aliphatic heterocycles. The molecule has 1 aliphatic carbocycles. The molecule has 2 aromatic rings. The van der Waals surface area contributed by atoms with Crippen LogP contribution < -0.4 is 0 Å². The Morgan fingerprint density at radius 1 is 1.32 bits per heavy atom. The number of rotatable bonds is 2. The van der Waals surface area contributed by atoms with Crippen LogP contribution in [0.25, 0.3) is 11.0 Å². The second kappa shape index (κ2) is 6.80. The Kier molecular flexibility index (Phi) is 4.66. The summed E-state index contributed by atoms with van der Waals surface area (Å²) < 4.78 is 3.51. The third-order valence-corrected chi connectivity index (χ3v) is 7.17. The van der Waals surface area contributed by atoms with E-state index >= 15 is 0 Å². The first kappa shape index (κ1) is 17.2. The van der Waals surface area contributed by atoms with Crippen molar-refractivity contribution in [3.63, 3.8) is 0 Å². The fourth-order valence-electron chi connectivity index (χ4n) is 5.09. The van der Waals surface area contributed by atoms with Gasteiger partial charge in [-0.3, -0.25) is 0 Å². The largest absolute Gasteiger partial charge is 0.329 e. The summed E-state index contributed by atoms with van der Waals surface area (Å²) in [7, 11) is 0. The first-order valence-electron chi connectivity index (χ1n) is 9.69. The Balaban J connectivity index is 1.54. The van der Waals surface area contributed by atoms with Gasteiger partial charge in [-0.1, -0.05) is 32.4 Å². The number of hydrogen-bond donors (Lipinski definition) is 0. The molecule has 0 unspecified atom stereocenters. The van der Waals surface area contributed by atoms with E-state index in [2.05, 4.69) is 45.7 Å². The Bertz CT molecular complexity index is 804. The highest BCUT2D eigenvalue weighted by molar-refractivity contribution is 9.10. The first-order valence-corrected chi connectivity index (χ1v) is 10.5. The van der Waals surface area contributed by atoms with Crippen LogP contribution in [0.3, 0.4) is 0 Å². The van der Waals surface area contributed by atoms with Gasteiger partial charge in [-0.2, -0.15) is 0 Å². The van der Waals surface area contributed by atoms with Gasteiger partial charge in [0, 0.05) is 34.3 Å². The Morgan fingerprint density at radius 2 is 2.04 bits per heavy atom. The first-order chi connectivity index (χ1) is 12.1. The van der Waals surface area contributed by atoms with Crippen molar-refractivity contribution in [3.8, 4) is 5.97 Å². The van der Waals surface area contributed by atoms with E-state index in [9.17, 15) is 0 Å². The van der Waals surface area contributed by atoms with Crippen LogP contribution in [0.5, 0.6) is 0 Å². The molecule has 2 fully saturated rings. The minimum Gasteiger partial charge on any atom is -0.329 e. The van der Waals surface area contributed by atoms with Crippen molar-refractivity contribution in [2.24, 2.45) is 5.41 Å². The van der Waals surface area contributed by atoms with Crippen molar-refractivity contribution in [1.82, 2.24) is 9.55 Å². The van der Waals surface area contributed by atoms with E-state index < -0.39 is 0 Å². The summed E-state index contributed by atoms with van der Waals surface area (Å²) in [5.41, 5.74) is 3.07. The fourth-order valence-corrected chi connectivity index (χ4v) is 5.42. The van der Waals surface area contributed by atoms with Gasteiger partial charge in [-0.15, -0.1) is 0 Å². The van der Waals surface area contributed by atoms with Gasteiger partial charge in [0.1, 0.15) is 5.65 Å². The molecule has 3 nitrogen and oxygen atoms in total. The summed E-state index contributed by atoms with van der Waals surface area (Å²) in [6, 6.07) is 2.79. The van der Waals surface area contributed by atoms with E-state index in [0.29, 0.717) is 18.2 Å². The monoisotopic (exact) mass is 397 g/mol. The molecule has 0 aromatic carbocycles. The van der Waals surface area contributed by atoms with Crippen molar-refractivity contribution < 1.29 is 0 Å². The summed E-state index contributed by atoms with van der Waals surface area (Å²) in [5.74, 6) is 2.48. The predicted octanol–water partition coefficient (Wildman–Crippen LogP) is 5.81. The van der Waals surface area contributed by atoms with Crippen LogP contribution in [0, 0.1) is 16.6 Å². The molecule has 0 radical (unpaired) electrons. The van der Waals surface area contributed by atoms with Crippen molar-refractivity contribution >= 4 is 33.7 Å². The molecule has 25 heavy (non-hydrogen) atoms. The molecular weight excluding hydrogens is 373 g/mol. The molecule has 4 rings (SSSR count). The van der Waals surface area contributed by atoms with E-state index in [1.807, 2.05) is 6.20 Å². The van der Waals surface area contributed by atoms with Crippen LogP contribution in [0.2, 0.25) is 12.6 Å². The van der Waals surface area contributed by atoms with Gasteiger partial charge in [0.15, 0.2) is 0 Å². The highest BCUT2D eigenvalue weighted by atomic mass is 79.9. The molecule has 1 spiro atoms. The number of pyridine rings is 1. The van der Waals surface area contributed by atoms with Gasteiger partial charge in [0.25, 0.3) is 6.71 Å². The summed E-state index contributed by atoms with van der Waals surface area (Å²) in [4.78, 5) is 4.73. The number of nitrogens with zero attached hydrogens (tertiary/aromatic N) is 3. The number of fused-ring (bicyclic) bond motifs is 1. The average molecular weight is 398 g/mol. The topological polar surface area (TPSA) is 41.6 Å². The molecule has 1 saturated heterocycles. The zero-order valence-electron chi connectivity index (χ0n) is 15.0. The zero-order valence-corrected chi connectivity index (χ0v) is 16.6. The Morgan fingerprint density at radius 3 is 2.68 bits per heavy atom. The number of nitriles is 1. The minimum absolute atomic E-state index is 0.312. The van der Waals surface area contributed by atoms with E-state index in [4.69, 9.17) is 10.2 Å². The van der Waals surface area contributed by atoms with Gasteiger partial charge in [0.2, 0.25) is 0 Å². The fraction of sp³-hybridized carbons (Fsp3) is 0.600. The van der Waals surface area contributed by atoms with E-state index in [1.54, 1.807) is 0 Å². The number of hydrogen-bond acceptors (Lipinski definition) is 2. The van der Waals surface area contributed by atoms with Crippen molar-refractivity contribution in [3.05, 3.63) is 28.5 Å². The summed E-state index contributed by atoms with van der Waals surface area (Å²) in [6.07, 6.45) is 15.2. The number of aryl methyl sites for hydroxylation is 1. The van der Waals surface area contributed by atoms with Crippen molar-refractivity contribution in [2.45, 2.75) is 70.6 Å². The minimum atomic E-state index is 0.312. The molecule has 130 valence electrons. The third-order valence-electron chi connectivity index (χ3n) is 6.74. The molecular formula is C20H25BBrN3. The van der Waals surface area contributed by atoms with Gasteiger partial charge in [-0.25, -0.2) is 10.2 Å². The van der Waals surface area contributed by atoms with Crippen LogP contribution in [-0.4, -0.2) is 16.3 Å². The number of aromatic nitrogens is 2. The van der Waals surface area contributed by atoms with Crippen LogP contribution in [0.15, 0.2) is 22.9 Å². The molecule has 5 heteroatoms. The second-order valence-corrected chi connectivity index (χ2v) is 8.99. The molecule has 0 atom stereocenters. The van der Waals surface area contributed by atoms with Crippen LogP contribution in [0.1, 0.15) is 57.1 Å². The summed E-state index contributed by atoms with van der Waals surface area (Å²) in [5, 5.41) is 10.4. The van der Waals surface area contributed by atoms with E-state index in [-0.39, 0.29) is 0 Å². The summed E-state index contributed by atoms with van der Waals surface area (Å²) >= 11 is 3.57. The lowest BCUT2D eigenvalue weighted by molar-refractivity contribution is 0.134. The standard InChI is InChI=1S/C20H25BBrN3/c1-2-15-13-25(19-18(15)11-16(22)12-24-19)17-3-5-20(6-4-17)7-9-21(14-23)10-8-20/h11-13,17H,2-10H2,1H3. The highest BCUT2D eigenvalue weighted by Crippen LogP contribution is 2.50. The maximum atomic E-state index is 9.15. The Hall–Kier alpha value is -1.28. The molecule has 2 aliphatic rings. The molecule has 0 N–H and O–H groups in total. The smallest absolute Gasteiger partial charge is 0.267 e. The SMILES string of the molecule is CCc1cn(C2CCC3(CCB(C#N)CC3)CC2)c2ncc(Br)cc12. The Labute approximate surface area is 159 Å². The maximum Gasteiger partial charge on any atom is 0.267 e. The van der Waals surface area contributed by atoms with Gasteiger partial charge >= 0.3 is 0 Å². The van der Waals surface area contributed by atoms with Crippen LogP contribution in [-0.2, 0) is 6.42 Å².